The predicted molar refractivity (Wildman–Crippen MR) is 98.3 cm³/mol. The molecular weight excluding hydrogens is 336 g/mol. The lowest BCUT2D eigenvalue weighted by atomic mass is 10.2. The van der Waals surface area contributed by atoms with Crippen LogP contribution in [0.3, 0.4) is 0 Å². The largest absolute Gasteiger partial charge is 0.504 e. The Kier molecular flexibility index (Phi) is 5.69. The van der Waals surface area contributed by atoms with Crippen LogP contribution < -0.4 is 4.74 Å². The lowest BCUT2D eigenvalue weighted by Crippen LogP contribution is -1.95. The Hall–Kier alpha value is -2.80. The van der Waals surface area contributed by atoms with Crippen LogP contribution >= 0.6 is 11.8 Å². The van der Waals surface area contributed by atoms with Crippen LogP contribution in [0.2, 0.25) is 0 Å². The van der Waals surface area contributed by atoms with Crippen molar-refractivity contribution in [2.75, 3.05) is 6.61 Å². The number of rotatable bonds is 7. The van der Waals surface area contributed by atoms with E-state index in [2.05, 4.69) is 27.4 Å². The van der Waals surface area contributed by atoms with Crippen molar-refractivity contribution in [3.8, 4) is 11.5 Å². The van der Waals surface area contributed by atoms with Gasteiger partial charge in [-0.15, -0.1) is 10.2 Å². The van der Waals surface area contributed by atoms with Gasteiger partial charge in [0.15, 0.2) is 11.5 Å². The molecule has 0 aliphatic rings. The quantitative estimate of drug-likeness (QED) is 0.519. The van der Waals surface area contributed by atoms with Crippen molar-refractivity contribution in [1.82, 2.24) is 14.9 Å². The average Bonchev–Trinajstić information content (AvgIpc) is 3.09. The minimum Gasteiger partial charge on any atom is -0.504 e. The van der Waals surface area contributed by atoms with E-state index in [0.29, 0.717) is 17.5 Å². The molecule has 0 bridgehead atoms. The molecule has 6 nitrogen and oxygen atoms in total. The summed E-state index contributed by atoms with van der Waals surface area (Å²) in [6.45, 7) is 2.35. The van der Waals surface area contributed by atoms with E-state index in [-0.39, 0.29) is 5.75 Å². The van der Waals surface area contributed by atoms with Crippen LogP contribution in [-0.4, -0.2) is 32.8 Å². The van der Waals surface area contributed by atoms with Crippen LogP contribution in [0.1, 0.15) is 18.1 Å². The first-order valence-electron chi connectivity index (χ1n) is 7.83. The average molecular weight is 354 g/mol. The Balaban J connectivity index is 1.70. The third-order valence-electron chi connectivity index (χ3n) is 3.33. The van der Waals surface area contributed by atoms with Crippen LogP contribution in [0.5, 0.6) is 11.5 Å². The maximum Gasteiger partial charge on any atom is 0.212 e. The molecular formula is C18H18N4O2S. The standard InChI is InChI=1S/C18H18N4O2S/c1-2-24-17-10-15(8-9-16(17)23)11-20-22-13-19-21-18(22)25-12-14-6-4-3-5-7-14/h3-11,13,23H,2,12H2,1H3/b20-11-. The molecule has 1 aromatic heterocycles. The van der Waals surface area contributed by atoms with Gasteiger partial charge in [-0.05, 0) is 36.2 Å². The van der Waals surface area contributed by atoms with E-state index < -0.39 is 0 Å². The number of aromatic hydroxyl groups is 1. The Morgan fingerprint density at radius 2 is 2.08 bits per heavy atom. The first-order chi connectivity index (χ1) is 12.3. The summed E-state index contributed by atoms with van der Waals surface area (Å²) >= 11 is 1.57. The zero-order valence-corrected chi connectivity index (χ0v) is 14.6. The van der Waals surface area contributed by atoms with E-state index in [1.165, 1.54) is 5.56 Å². The van der Waals surface area contributed by atoms with Crippen LogP contribution in [0.4, 0.5) is 0 Å². The van der Waals surface area contributed by atoms with Gasteiger partial charge in [0.25, 0.3) is 0 Å². The summed E-state index contributed by atoms with van der Waals surface area (Å²) < 4.78 is 7.00. The van der Waals surface area contributed by atoms with Gasteiger partial charge in [0.1, 0.15) is 6.33 Å². The predicted octanol–water partition coefficient (Wildman–Crippen LogP) is 3.56. The highest BCUT2D eigenvalue weighted by Gasteiger charge is 2.05. The Labute approximate surface area is 150 Å². The number of nitrogens with zero attached hydrogens (tertiary/aromatic N) is 4. The van der Waals surface area contributed by atoms with Gasteiger partial charge in [-0.1, -0.05) is 42.1 Å². The number of phenols is 1. The Bertz CT molecular complexity index is 849. The van der Waals surface area contributed by atoms with Crippen LogP contribution in [0.25, 0.3) is 0 Å². The third kappa shape index (κ3) is 4.60. The Morgan fingerprint density at radius 3 is 2.88 bits per heavy atom. The fourth-order valence-corrected chi connectivity index (χ4v) is 2.95. The molecule has 2 aromatic carbocycles. The number of thioether (sulfide) groups is 1. The summed E-state index contributed by atoms with van der Waals surface area (Å²) in [7, 11) is 0. The smallest absolute Gasteiger partial charge is 0.212 e. The second-order valence-corrected chi connectivity index (χ2v) is 6.08. The molecule has 0 atom stereocenters. The lowest BCUT2D eigenvalue weighted by molar-refractivity contribution is 0.318. The van der Waals surface area contributed by atoms with Crippen molar-refractivity contribution in [3.63, 3.8) is 0 Å². The first kappa shape index (κ1) is 17.0. The van der Waals surface area contributed by atoms with Gasteiger partial charge in [-0.3, -0.25) is 0 Å². The normalized spacial score (nSPS) is 11.1. The van der Waals surface area contributed by atoms with Crippen molar-refractivity contribution >= 4 is 18.0 Å². The summed E-state index contributed by atoms with van der Waals surface area (Å²) in [5.41, 5.74) is 2.03. The van der Waals surface area contributed by atoms with E-state index >= 15 is 0 Å². The van der Waals surface area contributed by atoms with Crippen molar-refractivity contribution < 1.29 is 9.84 Å². The number of ether oxygens (including phenoxy) is 1. The molecule has 7 heteroatoms. The summed E-state index contributed by atoms with van der Waals surface area (Å²) in [5.74, 6) is 1.35. The van der Waals surface area contributed by atoms with E-state index in [4.69, 9.17) is 4.74 Å². The minimum absolute atomic E-state index is 0.113. The monoisotopic (exact) mass is 354 g/mol. The van der Waals surface area contributed by atoms with Crippen LogP contribution in [0, 0.1) is 0 Å². The molecule has 0 spiro atoms. The molecule has 0 aliphatic heterocycles. The highest BCUT2D eigenvalue weighted by molar-refractivity contribution is 7.98. The Morgan fingerprint density at radius 1 is 1.24 bits per heavy atom. The van der Waals surface area contributed by atoms with Crippen molar-refractivity contribution in [1.29, 1.82) is 0 Å². The summed E-state index contributed by atoms with van der Waals surface area (Å²) in [6.07, 6.45) is 3.24. The molecule has 0 radical (unpaired) electrons. The molecule has 3 aromatic rings. The fourth-order valence-electron chi connectivity index (χ4n) is 2.13. The van der Waals surface area contributed by atoms with E-state index in [1.807, 2.05) is 25.1 Å². The molecule has 3 rings (SSSR count). The maximum absolute atomic E-state index is 9.74. The zero-order chi connectivity index (χ0) is 17.5. The van der Waals surface area contributed by atoms with Crippen LogP contribution in [0.15, 0.2) is 65.1 Å². The van der Waals surface area contributed by atoms with Crippen LogP contribution in [-0.2, 0) is 5.75 Å². The summed E-state index contributed by atoms with van der Waals surface area (Å²) in [5, 5.41) is 22.9. The zero-order valence-electron chi connectivity index (χ0n) is 13.7. The number of hydrogen-bond donors (Lipinski definition) is 1. The molecule has 1 heterocycles. The van der Waals surface area contributed by atoms with Gasteiger partial charge in [0.2, 0.25) is 5.16 Å². The van der Waals surface area contributed by atoms with Gasteiger partial charge in [-0.2, -0.15) is 9.78 Å². The summed E-state index contributed by atoms with van der Waals surface area (Å²) in [6, 6.07) is 15.3. The second kappa shape index (κ2) is 8.34. The molecule has 0 saturated heterocycles. The molecule has 0 fully saturated rings. The highest BCUT2D eigenvalue weighted by atomic mass is 32.2. The summed E-state index contributed by atoms with van der Waals surface area (Å²) in [4.78, 5) is 0. The number of hydrogen-bond acceptors (Lipinski definition) is 6. The van der Waals surface area contributed by atoms with E-state index in [1.54, 1.807) is 47.2 Å². The first-order valence-corrected chi connectivity index (χ1v) is 8.81. The van der Waals surface area contributed by atoms with Gasteiger partial charge in [0.05, 0.1) is 12.8 Å². The van der Waals surface area contributed by atoms with Crippen molar-refractivity contribution in [3.05, 3.63) is 66.0 Å². The fraction of sp³-hybridized carbons (Fsp3) is 0.167. The number of phenolic OH excluding ortho intramolecular Hbond substituents is 1. The molecule has 1 N–H and O–H groups in total. The topological polar surface area (TPSA) is 72.5 Å². The maximum atomic E-state index is 9.74. The molecule has 25 heavy (non-hydrogen) atoms. The number of benzene rings is 2. The van der Waals surface area contributed by atoms with Gasteiger partial charge in [-0.25, -0.2) is 0 Å². The van der Waals surface area contributed by atoms with Gasteiger partial charge < -0.3 is 9.84 Å². The molecule has 0 saturated carbocycles. The highest BCUT2D eigenvalue weighted by Crippen LogP contribution is 2.26. The molecule has 0 unspecified atom stereocenters. The van der Waals surface area contributed by atoms with Crippen molar-refractivity contribution in [2.24, 2.45) is 5.10 Å². The van der Waals surface area contributed by atoms with E-state index in [9.17, 15) is 5.11 Å². The molecule has 0 amide bonds. The SMILES string of the molecule is CCOc1cc(/C=N\n2cnnc2SCc2ccccc2)ccc1O. The lowest BCUT2D eigenvalue weighted by Gasteiger charge is -2.06. The number of aromatic nitrogens is 3. The second-order valence-electron chi connectivity index (χ2n) is 5.14. The van der Waals surface area contributed by atoms with Gasteiger partial charge in [0, 0.05) is 5.75 Å². The van der Waals surface area contributed by atoms with Crippen molar-refractivity contribution in [2.45, 2.75) is 17.8 Å². The molecule has 128 valence electrons. The minimum atomic E-state index is 0.113. The van der Waals surface area contributed by atoms with E-state index in [0.717, 1.165) is 11.3 Å². The third-order valence-corrected chi connectivity index (χ3v) is 4.33. The van der Waals surface area contributed by atoms with Gasteiger partial charge >= 0.3 is 0 Å². The molecule has 0 aliphatic carbocycles.